The van der Waals surface area contributed by atoms with Crippen molar-refractivity contribution in [3.8, 4) is 0 Å². The molecule has 1 saturated heterocycles. The topological polar surface area (TPSA) is 15.3 Å². The zero-order valence-corrected chi connectivity index (χ0v) is 11.9. The molecule has 3 unspecified atom stereocenters. The Morgan fingerprint density at radius 1 is 1.12 bits per heavy atom. The molecule has 0 aromatic rings. The predicted octanol–water partition coefficient (Wildman–Crippen LogP) is 2.89. The number of nitrogens with zero attached hydrogens (tertiary/aromatic N) is 1. The molecule has 17 heavy (non-hydrogen) atoms. The highest BCUT2D eigenvalue weighted by Gasteiger charge is 2.29. The summed E-state index contributed by atoms with van der Waals surface area (Å²) >= 11 is 0. The zero-order chi connectivity index (χ0) is 12.3. The van der Waals surface area contributed by atoms with Gasteiger partial charge in [-0.05, 0) is 64.6 Å². The maximum atomic E-state index is 3.42. The van der Waals surface area contributed by atoms with Gasteiger partial charge in [0.25, 0.3) is 0 Å². The molecule has 2 nitrogen and oxygen atoms in total. The molecule has 3 atom stereocenters. The molecule has 0 radical (unpaired) electrons. The van der Waals surface area contributed by atoms with Crippen LogP contribution in [0.1, 0.15) is 52.4 Å². The van der Waals surface area contributed by atoms with Crippen molar-refractivity contribution in [3.05, 3.63) is 0 Å². The van der Waals surface area contributed by atoms with E-state index in [1.54, 1.807) is 0 Å². The van der Waals surface area contributed by atoms with Crippen molar-refractivity contribution in [2.45, 2.75) is 64.5 Å². The lowest BCUT2D eigenvalue weighted by Crippen LogP contribution is -2.46. The van der Waals surface area contributed by atoms with Gasteiger partial charge in [-0.2, -0.15) is 0 Å². The highest BCUT2D eigenvalue weighted by atomic mass is 15.2. The molecule has 0 aromatic carbocycles. The van der Waals surface area contributed by atoms with Crippen molar-refractivity contribution < 1.29 is 0 Å². The fourth-order valence-corrected chi connectivity index (χ4v) is 3.75. The van der Waals surface area contributed by atoms with Crippen LogP contribution in [0.5, 0.6) is 0 Å². The van der Waals surface area contributed by atoms with Crippen LogP contribution in [-0.2, 0) is 0 Å². The molecule has 0 amide bonds. The van der Waals surface area contributed by atoms with E-state index in [4.69, 9.17) is 0 Å². The molecular formula is C15H30N2. The second kappa shape index (κ2) is 6.19. The van der Waals surface area contributed by atoms with E-state index < -0.39 is 0 Å². The number of nitrogens with one attached hydrogen (secondary N) is 1. The molecule has 1 saturated carbocycles. The molecule has 0 spiro atoms. The monoisotopic (exact) mass is 238 g/mol. The number of hydrogen-bond acceptors (Lipinski definition) is 2. The summed E-state index contributed by atoms with van der Waals surface area (Å²) in [5.74, 6) is 1.86. The first kappa shape index (κ1) is 13.4. The molecule has 1 heterocycles. The summed E-state index contributed by atoms with van der Waals surface area (Å²) in [4.78, 5) is 2.79. The van der Waals surface area contributed by atoms with Gasteiger partial charge in [0.15, 0.2) is 0 Å². The van der Waals surface area contributed by atoms with Crippen LogP contribution >= 0.6 is 0 Å². The molecule has 100 valence electrons. The number of piperidine rings is 1. The fourth-order valence-electron chi connectivity index (χ4n) is 3.75. The van der Waals surface area contributed by atoms with Crippen LogP contribution in [0.4, 0.5) is 0 Å². The van der Waals surface area contributed by atoms with E-state index in [1.165, 1.54) is 51.6 Å². The van der Waals surface area contributed by atoms with Gasteiger partial charge in [-0.25, -0.2) is 0 Å². The van der Waals surface area contributed by atoms with Gasteiger partial charge >= 0.3 is 0 Å². The van der Waals surface area contributed by atoms with Crippen LogP contribution in [0.3, 0.4) is 0 Å². The van der Waals surface area contributed by atoms with Crippen molar-refractivity contribution in [3.63, 3.8) is 0 Å². The van der Waals surface area contributed by atoms with E-state index in [-0.39, 0.29) is 0 Å². The summed E-state index contributed by atoms with van der Waals surface area (Å²) in [6, 6.07) is 1.60. The second-order valence-electron chi connectivity index (χ2n) is 6.38. The Morgan fingerprint density at radius 3 is 2.41 bits per heavy atom. The average molecular weight is 238 g/mol. The Labute approximate surface area is 107 Å². The number of hydrogen-bond donors (Lipinski definition) is 1. The summed E-state index contributed by atoms with van der Waals surface area (Å²) in [6.45, 7) is 7.45. The Kier molecular flexibility index (Phi) is 4.87. The minimum absolute atomic E-state index is 0.697. The molecule has 2 heteroatoms. The van der Waals surface area contributed by atoms with Crippen molar-refractivity contribution in [2.75, 3.05) is 20.1 Å². The van der Waals surface area contributed by atoms with Crippen LogP contribution in [0.15, 0.2) is 0 Å². The van der Waals surface area contributed by atoms with Crippen molar-refractivity contribution in [2.24, 2.45) is 11.8 Å². The summed E-state index contributed by atoms with van der Waals surface area (Å²) in [5.41, 5.74) is 0. The van der Waals surface area contributed by atoms with Crippen LogP contribution in [0.2, 0.25) is 0 Å². The van der Waals surface area contributed by atoms with Gasteiger partial charge in [0.2, 0.25) is 0 Å². The maximum Gasteiger partial charge on any atom is 0.00977 e. The molecule has 2 aliphatic rings. The third-order valence-corrected chi connectivity index (χ3v) is 5.16. The third kappa shape index (κ3) is 3.45. The first-order valence-electron chi connectivity index (χ1n) is 7.62. The normalized spacial score (nSPS) is 34.8. The molecule has 1 aliphatic carbocycles. The summed E-state index contributed by atoms with van der Waals surface area (Å²) in [6.07, 6.45) is 8.62. The largest absolute Gasteiger partial charge is 0.317 e. The Hall–Kier alpha value is -0.0800. The van der Waals surface area contributed by atoms with Gasteiger partial charge < -0.3 is 10.2 Å². The standard InChI is InChI=1S/C15H30N2/c1-12-5-4-6-15(11-12)17-9-7-14(8-10-17)13(2)16-3/h12-16H,4-11H2,1-3H3. The lowest BCUT2D eigenvalue weighted by molar-refractivity contribution is 0.0851. The van der Waals surface area contributed by atoms with Gasteiger partial charge in [0.1, 0.15) is 0 Å². The van der Waals surface area contributed by atoms with E-state index in [1.807, 2.05) is 0 Å². The Bertz CT molecular complexity index is 221. The van der Waals surface area contributed by atoms with E-state index in [0.717, 1.165) is 17.9 Å². The average Bonchev–Trinajstić information content (AvgIpc) is 2.38. The predicted molar refractivity (Wildman–Crippen MR) is 74.2 cm³/mol. The molecule has 0 bridgehead atoms. The van der Waals surface area contributed by atoms with Gasteiger partial charge in [0, 0.05) is 12.1 Å². The van der Waals surface area contributed by atoms with Gasteiger partial charge in [0.05, 0.1) is 0 Å². The Balaban J connectivity index is 1.78. The minimum Gasteiger partial charge on any atom is -0.317 e. The van der Waals surface area contributed by atoms with Crippen LogP contribution < -0.4 is 5.32 Å². The first-order chi connectivity index (χ1) is 8.20. The lowest BCUT2D eigenvalue weighted by atomic mass is 9.83. The van der Waals surface area contributed by atoms with E-state index >= 15 is 0 Å². The van der Waals surface area contributed by atoms with E-state index in [2.05, 4.69) is 31.1 Å². The smallest absolute Gasteiger partial charge is 0.00977 e. The number of likely N-dealkylation sites (tertiary alicyclic amines) is 1. The van der Waals surface area contributed by atoms with E-state index in [0.29, 0.717) is 6.04 Å². The van der Waals surface area contributed by atoms with E-state index in [9.17, 15) is 0 Å². The second-order valence-corrected chi connectivity index (χ2v) is 6.38. The van der Waals surface area contributed by atoms with Gasteiger partial charge in [-0.3, -0.25) is 0 Å². The minimum atomic E-state index is 0.697. The first-order valence-corrected chi connectivity index (χ1v) is 7.62. The third-order valence-electron chi connectivity index (χ3n) is 5.16. The maximum absolute atomic E-state index is 3.42. The molecule has 1 N–H and O–H groups in total. The molecular weight excluding hydrogens is 208 g/mol. The van der Waals surface area contributed by atoms with Crippen LogP contribution in [-0.4, -0.2) is 37.1 Å². The highest BCUT2D eigenvalue weighted by Crippen LogP contribution is 2.30. The molecule has 2 fully saturated rings. The molecule has 2 rings (SSSR count). The van der Waals surface area contributed by atoms with Gasteiger partial charge in [-0.15, -0.1) is 0 Å². The fraction of sp³-hybridized carbons (Fsp3) is 1.00. The van der Waals surface area contributed by atoms with Gasteiger partial charge in [-0.1, -0.05) is 19.8 Å². The van der Waals surface area contributed by atoms with Crippen molar-refractivity contribution in [1.29, 1.82) is 0 Å². The number of rotatable bonds is 3. The summed E-state index contributed by atoms with van der Waals surface area (Å²) in [7, 11) is 2.10. The lowest BCUT2D eigenvalue weighted by Gasteiger charge is -2.42. The van der Waals surface area contributed by atoms with Crippen molar-refractivity contribution in [1.82, 2.24) is 10.2 Å². The summed E-state index contributed by atoms with van der Waals surface area (Å²) < 4.78 is 0. The Morgan fingerprint density at radius 2 is 1.82 bits per heavy atom. The molecule has 1 aliphatic heterocycles. The van der Waals surface area contributed by atoms with Crippen LogP contribution in [0, 0.1) is 11.8 Å². The van der Waals surface area contributed by atoms with Crippen molar-refractivity contribution >= 4 is 0 Å². The highest BCUT2D eigenvalue weighted by molar-refractivity contribution is 4.84. The molecule has 0 aromatic heterocycles. The van der Waals surface area contributed by atoms with Crippen LogP contribution in [0.25, 0.3) is 0 Å². The summed E-state index contributed by atoms with van der Waals surface area (Å²) in [5, 5.41) is 3.42. The SMILES string of the molecule is CNC(C)C1CCN(C2CCCC(C)C2)CC1. The zero-order valence-electron chi connectivity index (χ0n) is 11.9. The quantitative estimate of drug-likeness (QED) is 0.813.